The molecule has 11 heteroatoms. The van der Waals surface area contributed by atoms with Crippen molar-refractivity contribution in [2.45, 2.75) is 65.6 Å². The van der Waals surface area contributed by atoms with Crippen LogP contribution >= 0.6 is 11.6 Å². The Morgan fingerprint density at radius 2 is 1.97 bits per heavy atom. The number of anilines is 2. The number of fused-ring (bicyclic) bond motifs is 1. The third kappa shape index (κ3) is 5.85. The molecule has 0 aliphatic heterocycles. The molecule has 0 amide bonds. The summed E-state index contributed by atoms with van der Waals surface area (Å²) in [5, 5.41) is 18.3. The van der Waals surface area contributed by atoms with Crippen LogP contribution in [0.15, 0.2) is 12.4 Å². The average Bonchev–Trinajstić information content (AvgIpc) is 3.25. The fourth-order valence-electron chi connectivity index (χ4n) is 3.09. The van der Waals surface area contributed by atoms with Gasteiger partial charge in [-0.05, 0) is 33.7 Å². The molecule has 0 aromatic carbocycles. The first-order valence-electron chi connectivity index (χ1n) is 11.0. The molecule has 0 fully saturated rings. The molecule has 33 heavy (non-hydrogen) atoms. The number of halogens is 1. The molecule has 0 radical (unpaired) electrons. The van der Waals surface area contributed by atoms with Gasteiger partial charge in [0.15, 0.2) is 5.65 Å². The van der Waals surface area contributed by atoms with E-state index in [9.17, 15) is 5.26 Å². The number of nitrogens with zero attached hydrogens (tertiary/aromatic N) is 6. The molecule has 0 unspecified atom stereocenters. The molecule has 9 nitrogen and oxygen atoms in total. The normalized spacial score (nSPS) is 12.2. The Morgan fingerprint density at radius 3 is 2.61 bits per heavy atom. The van der Waals surface area contributed by atoms with Crippen LogP contribution in [-0.4, -0.2) is 45.6 Å². The van der Waals surface area contributed by atoms with Crippen molar-refractivity contribution in [3.05, 3.63) is 23.1 Å². The average molecular weight is 490 g/mol. The van der Waals surface area contributed by atoms with Gasteiger partial charge in [-0.3, -0.25) is 4.68 Å². The highest BCUT2D eigenvalue weighted by Crippen LogP contribution is 2.34. The summed E-state index contributed by atoms with van der Waals surface area (Å²) in [6.07, 6.45) is 3.57. The van der Waals surface area contributed by atoms with Gasteiger partial charge >= 0.3 is 0 Å². The van der Waals surface area contributed by atoms with Crippen LogP contribution in [-0.2, 0) is 17.0 Å². The van der Waals surface area contributed by atoms with Crippen LogP contribution in [0.3, 0.4) is 0 Å². The van der Waals surface area contributed by atoms with Crippen LogP contribution in [0.2, 0.25) is 30.7 Å². The lowest BCUT2D eigenvalue weighted by atomic mass is 10.1. The number of ether oxygens (including phenoxy) is 2. The van der Waals surface area contributed by atoms with E-state index in [4.69, 9.17) is 26.1 Å². The van der Waals surface area contributed by atoms with Crippen LogP contribution in [0.4, 0.5) is 11.6 Å². The third-order valence-electron chi connectivity index (χ3n) is 5.14. The molecule has 0 saturated carbocycles. The molecule has 0 spiro atoms. The van der Waals surface area contributed by atoms with Gasteiger partial charge in [0.05, 0.1) is 40.7 Å². The summed E-state index contributed by atoms with van der Waals surface area (Å²) in [6.45, 7) is 15.8. The zero-order chi connectivity index (χ0) is 24.4. The van der Waals surface area contributed by atoms with Gasteiger partial charge in [-0.15, -0.1) is 0 Å². The molecule has 3 rings (SSSR count). The van der Waals surface area contributed by atoms with Gasteiger partial charge in [0.2, 0.25) is 11.8 Å². The van der Waals surface area contributed by atoms with E-state index >= 15 is 0 Å². The van der Waals surface area contributed by atoms with E-state index in [0.717, 1.165) is 11.7 Å². The molecule has 3 aromatic heterocycles. The summed E-state index contributed by atoms with van der Waals surface area (Å²) in [4.78, 5) is 9.24. The van der Waals surface area contributed by atoms with Crippen molar-refractivity contribution in [3.63, 3.8) is 0 Å². The van der Waals surface area contributed by atoms with Gasteiger partial charge in [0.25, 0.3) is 0 Å². The summed E-state index contributed by atoms with van der Waals surface area (Å²) >= 11 is 6.52. The third-order valence-corrected chi connectivity index (χ3v) is 7.13. The van der Waals surface area contributed by atoms with Crippen LogP contribution in [0.1, 0.15) is 26.5 Å². The minimum atomic E-state index is -1.18. The second kappa shape index (κ2) is 9.71. The number of aryl methyl sites for hydroxylation is 1. The fraction of sp³-hybridized carbons (Fsp3) is 0.545. The molecule has 0 aliphatic rings. The van der Waals surface area contributed by atoms with Crippen LogP contribution in [0.25, 0.3) is 11.0 Å². The molecular formula is C22H32ClN7O2Si. The maximum absolute atomic E-state index is 9.42. The maximum atomic E-state index is 9.42. The molecule has 3 heterocycles. The first-order chi connectivity index (χ1) is 15.4. The van der Waals surface area contributed by atoms with Crippen molar-refractivity contribution in [3.8, 4) is 11.9 Å². The first kappa shape index (κ1) is 25.0. The van der Waals surface area contributed by atoms with Crippen molar-refractivity contribution in [1.82, 2.24) is 24.3 Å². The van der Waals surface area contributed by atoms with Crippen molar-refractivity contribution in [2.24, 2.45) is 0 Å². The van der Waals surface area contributed by atoms with Crippen LogP contribution in [0, 0.1) is 18.3 Å². The summed E-state index contributed by atoms with van der Waals surface area (Å²) in [6, 6.07) is 3.33. The Balaban J connectivity index is 1.94. The van der Waals surface area contributed by atoms with Gasteiger partial charge in [-0.2, -0.15) is 20.3 Å². The van der Waals surface area contributed by atoms with Gasteiger partial charge in [-0.1, -0.05) is 31.2 Å². The van der Waals surface area contributed by atoms with E-state index in [0.29, 0.717) is 53.5 Å². The second-order valence-electron chi connectivity index (χ2n) is 9.65. The standard InChI is InChI=1S/C22H32ClN7O2Si/c1-8-32-20-18-16(23)11-29(14-31-9-10-33(5,6)7)19(18)26-21(27-20)25-17-12-30(28-15(17)2)22(3,4)13-24/h11-12H,8-10,14H2,1-7H3,(H,25,26,27). The van der Waals surface area contributed by atoms with E-state index in [1.54, 1.807) is 30.9 Å². The lowest BCUT2D eigenvalue weighted by Gasteiger charge is -2.16. The Labute approximate surface area is 200 Å². The minimum absolute atomic E-state index is 0.336. The quantitative estimate of drug-likeness (QED) is 0.304. The van der Waals surface area contributed by atoms with Crippen molar-refractivity contribution >= 4 is 42.3 Å². The monoisotopic (exact) mass is 489 g/mol. The number of aromatic nitrogens is 5. The van der Waals surface area contributed by atoms with Crippen LogP contribution in [0.5, 0.6) is 5.88 Å². The lowest BCUT2D eigenvalue weighted by molar-refractivity contribution is 0.0899. The van der Waals surface area contributed by atoms with Gasteiger partial charge < -0.3 is 19.4 Å². The van der Waals surface area contributed by atoms with Gasteiger partial charge in [0, 0.05) is 20.9 Å². The van der Waals surface area contributed by atoms with E-state index in [-0.39, 0.29) is 0 Å². The number of nitriles is 1. The SMILES string of the molecule is CCOc1nc(Nc2cn(C(C)(C)C#N)nc2C)nc2c1c(Cl)cn2COCC[Si](C)(C)C. The van der Waals surface area contributed by atoms with E-state index in [1.807, 2.05) is 18.4 Å². The van der Waals surface area contributed by atoms with Crippen molar-refractivity contribution < 1.29 is 9.47 Å². The molecule has 0 atom stereocenters. The lowest BCUT2D eigenvalue weighted by Crippen LogP contribution is -2.24. The Hall–Kier alpha value is -2.61. The molecular weight excluding hydrogens is 458 g/mol. The van der Waals surface area contributed by atoms with E-state index < -0.39 is 13.6 Å². The highest BCUT2D eigenvalue weighted by Gasteiger charge is 2.23. The van der Waals surface area contributed by atoms with Crippen molar-refractivity contribution in [1.29, 1.82) is 5.26 Å². The number of hydrogen-bond acceptors (Lipinski definition) is 7. The summed E-state index contributed by atoms with van der Waals surface area (Å²) in [5.74, 6) is 0.750. The fourth-order valence-corrected chi connectivity index (χ4v) is 4.13. The Bertz CT molecular complexity index is 1170. The largest absolute Gasteiger partial charge is 0.477 e. The van der Waals surface area contributed by atoms with E-state index in [1.165, 1.54) is 0 Å². The first-order valence-corrected chi connectivity index (χ1v) is 15.1. The number of hydrogen-bond donors (Lipinski definition) is 1. The highest BCUT2D eigenvalue weighted by molar-refractivity contribution is 6.76. The highest BCUT2D eigenvalue weighted by atomic mass is 35.5. The number of nitrogens with one attached hydrogen (secondary N) is 1. The second-order valence-corrected chi connectivity index (χ2v) is 15.7. The van der Waals surface area contributed by atoms with E-state index in [2.05, 4.69) is 41.1 Å². The summed E-state index contributed by atoms with van der Waals surface area (Å²) in [5.41, 5.74) is 1.27. The molecule has 0 bridgehead atoms. The maximum Gasteiger partial charge on any atom is 0.232 e. The topological polar surface area (TPSA) is 103 Å². The van der Waals surface area contributed by atoms with Gasteiger partial charge in [-0.25, -0.2) is 0 Å². The predicted molar refractivity (Wildman–Crippen MR) is 133 cm³/mol. The number of rotatable bonds is 10. The molecule has 178 valence electrons. The minimum Gasteiger partial charge on any atom is -0.477 e. The summed E-state index contributed by atoms with van der Waals surface area (Å²) in [7, 11) is -1.18. The van der Waals surface area contributed by atoms with Crippen LogP contribution < -0.4 is 10.1 Å². The molecule has 1 N–H and O–H groups in total. The van der Waals surface area contributed by atoms with Crippen molar-refractivity contribution in [2.75, 3.05) is 18.5 Å². The predicted octanol–water partition coefficient (Wildman–Crippen LogP) is 5.30. The molecule has 0 saturated heterocycles. The Kier molecular flexibility index (Phi) is 7.36. The smallest absolute Gasteiger partial charge is 0.232 e. The molecule has 3 aromatic rings. The van der Waals surface area contributed by atoms with Gasteiger partial charge in [0.1, 0.15) is 12.3 Å². The molecule has 0 aliphatic carbocycles. The Morgan fingerprint density at radius 1 is 1.24 bits per heavy atom. The summed E-state index contributed by atoms with van der Waals surface area (Å²) < 4.78 is 15.2. The zero-order valence-electron chi connectivity index (χ0n) is 20.4. The zero-order valence-corrected chi connectivity index (χ0v) is 22.1.